The smallest absolute Gasteiger partial charge is 0.259 e. The van der Waals surface area contributed by atoms with Gasteiger partial charge >= 0.3 is 0 Å². The van der Waals surface area contributed by atoms with Crippen molar-refractivity contribution in [2.24, 2.45) is 0 Å². The number of rotatable bonds is 20. The van der Waals surface area contributed by atoms with E-state index in [2.05, 4.69) is 62.7 Å². The van der Waals surface area contributed by atoms with Gasteiger partial charge in [0.1, 0.15) is 47.3 Å². The van der Waals surface area contributed by atoms with E-state index >= 15 is 0 Å². The minimum atomic E-state index is -0.398. The van der Waals surface area contributed by atoms with Crippen LogP contribution in [0.5, 0.6) is 11.5 Å². The number of nitrogens with zero attached hydrogens (tertiary/aromatic N) is 8. The van der Waals surface area contributed by atoms with Gasteiger partial charge in [-0.15, -0.1) is 0 Å². The number of nitrogens with one attached hydrogen (secondary N) is 1. The number of aliphatic hydroxyl groups is 2. The molecule has 0 fully saturated rings. The zero-order valence-corrected chi connectivity index (χ0v) is 43.2. The topological polar surface area (TPSA) is 199 Å². The molecule has 0 radical (unpaired) electrons. The highest BCUT2D eigenvalue weighted by molar-refractivity contribution is 6.30. The molecule has 5 N–H and O–H groups in total. The van der Waals surface area contributed by atoms with E-state index in [4.69, 9.17) is 26.8 Å². The summed E-state index contributed by atoms with van der Waals surface area (Å²) < 4.78 is 14.5. The van der Waals surface area contributed by atoms with Crippen molar-refractivity contribution in [3.05, 3.63) is 160 Å². The lowest BCUT2D eigenvalue weighted by molar-refractivity contribution is 0.222. The van der Waals surface area contributed by atoms with Gasteiger partial charge in [-0.3, -0.25) is 9.59 Å². The summed E-state index contributed by atoms with van der Waals surface area (Å²) in [6.45, 7) is 19.1. The summed E-state index contributed by atoms with van der Waals surface area (Å²) in [7, 11) is 0. The van der Waals surface area contributed by atoms with Gasteiger partial charge in [0.25, 0.3) is 11.1 Å². The Morgan fingerprint density at radius 2 is 1.04 bits per heavy atom. The van der Waals surface area contributed by atoms with Crippen LogP contribution in [-0.2, 0) is 0 Å². The number of aromatic nitrogens is 6. The number of likely N-dealkylation sites (N-methyl/N-ethyl adjacent to an activating group) is 2. The van der Waals surface area contributed by atoms with E-state index in [1.807, 2.05) is 104 Å². The number of aliphatic hydroxyl groups excluding tert-OH is 2. The summed E-state index contributed by atoms with van der Waals surface area (Å²) in [6, 6.07) is 32.7. The number of benzene rings is 2. The minimum absolute atomic E-state index is 0.132. The molecule has 2 atom stereocenters. The van der Waals surface area contributed by atoms with E-state index in [0.29, 0.717) is 63.7 Å². The van der Waals surface area contributed by atoms with Crippen LogP contribution in [0.3, 0.4) is 0 Å². The van der Waals surface area contributed by atoms with Gasteiger partial charge in [0.15, 0.2) is 0 Å². The quantitative estimate of drug-likeness (QED) is 0.0527. The number of fused-ring (bicyclic) bond motifs is 2. The van der Waals surface area contributed by atoms with Crippen LogP contribution in [0, 0.1) is 0 Å². The van der Waals surface area contributed by atoms with E-state index in [9.17, 15) is 19.8 Å². The monoisotopic (exact) mass is 1010 g/mol. The molecule has 17 heteroatoms. The average Bonchev–Trinajstić information content (AvgIpc) is 3.42. The Kier molecular flexibility index (Phi) is 20.8. The molecule has 6 aromatic heterocycles. The van der Waals surface area contributed by atoms with E-state index in [1.54, 1.807) is 53.0 Å². The molecular weight excluding hydrogens is 944 g/mol. The van der Waals surface area contributed by atoms with E-state index in [1.165, 1.54) is 0 Å². The second-order valence-electron chi connectivity index (χ2n) is 17.1. The highest BCUT2D eigenvalue weighted by atomic mass is 35.5. The Balaban J connectivity index is 0.000000199. The van der Waals surface area contributed by atoms with Gasteiger partial charge in [-0.1, -0.05) is 100.0 Å². The van der Waals surface area contributed by atoms with Crippen molar-refractivity contribution in [1.82, 2.24) is 38.9 Å². The van der Waals surface area contributed by atoms with Gasteiger partial charge < -0.3 is 49.7 Å². The van der Waals surface area contributed by atoms with Crippen molar-refractivity contribution in [2.75, 3.05) is 76.7 Å². The Labute approximate surface area is 431 Å². The summed E-state index contributed by atoms with van der Waals surface area (Å²) in [6.07, 6.45) is 6.71. The standard InChI is InChI=1S/C28H33N5O3.C17H15ClN2O2.C11H19N3O/c1-4-32(5-2)13-14-36-23-11-12-26(30-18-23)31-27-16-25-22(17-29-27)15-24(21-9-7-6-8-10-21)28(35)33(25)20(3)19-34;1-11(10-21)20-15-8-16(18)19-9-13(15)7-14(17(20)22)12-5-3-2-4-6-12;1-3-14(4-2)7-8-15-10-5-6-11(12)13-9-10/h6-12,15-18,20,34H,4-5,13-14,19H2,1-3H3,(H,29,30,31);2-9,11,21H,10H2,1H3;5-6,9H,3-4,7-8H2,1-2H3,(H2,12,13). The number of nitrogen functional groups attached to an aromatic ring is 1. The molecule has 0 aliphatic carbocycles. The van der Waals surface area contributed by atoms with E-state index < -0.39 is 6.04 Å². The van der Waals surface area contributed by atoms with Crippen molar-refractivity contribution < 1.29 is 19.7 Å². The second-order valence-corrected chi connectivity index (χ2v) is 17.5. The number of anilines is 3. The summed E-state index contributed by atoms with van der Waals surface area (Å²) >= 11 is 5.96. The normalized spacial score (nSPS) is 11.9. The third kappa shape index (κ3) is 14.9. The molecule has 384 valence electrons. The summed E-state index contributed by atoms with van der Waals surface area (Å²) in [4.78, 5) is 48.0. The van der Waals surface area contributed by atoms with Crippen molar-refractivity contribution in [3.63, 3.8) is 0 Å². The van der Waals surface area contributed by atoms with Crippen LogP contribution in [0.2, 0.25) is 5.15 Å². The molecule has 8 rings (SSSR count). The molecular formula is C56H67ClN10O6. The zero-order chi connectivity index (χ0) is 52.3. The fourth-order valence-corrected chi connectivity index (χ4v) is 8.16. The number of pyridine rings is 6. The first-order valence-electron chi connectivity index (χ1n) is 24.6. The van der Waals surface area contributed by atoms with Crippen LogP contribution in [0.25, 0.3) is 44.1 Å². The van der Waals surface area contributed by atoms with E-state index in [0.717, 1.165) is 66.9 Å². The van der Waals surface area contributed by atoms with Crippen LogP contribution in [0.4, 0.5) is 17.5 Å². The molecule has 0 aliphatic rings. The molecule has 0 bridgehead atoms. The summed E-state index contributed by atoms with van der Waals surface area (Å²) in [5.74, 6) is 3.17. The zero-order valence-electron chi connectivity index (χ0n) is 42.5. The van der Waals surface area contributed by atoms with Crippen LogP contribution in [-0.4, -0.2) is 115 Å². The van der Waals surface area contributed by atoms with Crippen LogP contribution in [0.1, 0.15) is 53.6 Å². The van der Waals surface area contributed by atoms with Gasteiger partial charge in [0.05, 0.1) is 48.7 Å². The fourth-order valence-electron chi connectivity index (χ4n) is 8.01. The van der Waals surface area contributed by atoms with Gasteiger partial charge in [-0.05, 0) is 93.6 Å². The molecule has 0 aliphatic heterocycles. The molecule has 2 unspecified atom stereocenters. The molecule has 16 nitrogen and oxygen atoms in total. The van der Waals surface area contributed by atoms with Crippen LogP contribution >= 0.6 is 11.6 Å². The lowest BCUT2D eigenvalue weighted by Crippen LogP contribution is -2.27. The molecule has 8 aromatic rings. The number of halogens is 1. The summed E-state index contributed by atoms with van der Waals surface area (Å²) in [5.41, 5.74) is 9.35. The maximum absolute atomic E-state index is 13.4. The molecule has 0 spiro atoms. The predicted octanol–water partition coefficient (Wildman–Crippen LogP) is 9.13. The lowest BCUT2D eigenvalue weighted by atomic mass is 10.0. The predicted molar refractivity (Wildman–Crippen MR) is 294 cm³/mol. The highest BCUT2D eigenvalue weighted by Gasteiger charge is 2.18. The first-order chi connectivity index (χ1) is 35.4. The Bertz CT molecular complexity index is 3080. The Morgan fingerprint density at radius 1 is 0.589 bits per heavy atom. The van der Waals surface area contributed by atoms with Gasteiger partial charge in [-0.2, -0.15) is 0 Å². The van der Waals surface area contributed by atoms with Gasteiger partial charge in [-0.25, -0.2) is 19.9 Å². The van der Waals surface area contributed by atoms with Crippen LogP contribution in [0.15, 0.2) is 144 Å². The van der Waals surface area contributed by atoms with Gasteiger partial charge in [0, 0.05) is 53.4 Å². The maximum Gasteiger partial charge on any atom is 0.259 e. The van der Waals surface area contributed by atoms with Crippen molar-refractivity contribution in [3.8, 4) is 33.8 Å². The van der Waals surface area contributed by atoms with Crippen LogP contribution < -0.4 is 31.6 Å². The third-order valence-corrected chi connectivity index (χ3v) is 12.5. The largest absolute Gasteiger partial charge is 0.491 e. The molecule has 0 saturated heterocycles. The molecule has 2 aromatic carbocycles. The number of ether oxygens (including phenoxy) is 2. The minimum Gasteiger partial charge on any atom is -0.491 e. The SMILES string of the molecule is CC(CO)n1c(=O)c(-c2ccccc2)cc2cnc(Cl)cc21.CCN(CC)CCOc1ccc(N)nc1.CCN(CC)CCOc1ccc(Nc2cc3c(cn2)cc(-c2ccccc2)c(=O)n3C(C)CO)nc1. The van der Waals surface area contributed by atoms with Crippen molar-refractivity contribution >= 4 is 50.9 Å². The Hall–Kier alpha value is -7.21. The lowest BCUT2D eigenvalue weighted by Gasteiger charge is -2.18. The number of hydrogen-bond donors (Lipinski definition) is 4. The van der Waals surface area contributed by atoms with Crippen molar-refractivity contribution in [1.29, 1.82) is 0 Å². The molecule has 0 saturated carbocycles. The maximum atomic E-state index is 13.4. The highest BCUT2D eigenvalue weighted by Crippen LogP contribution is 2.27. The van der Waals surface area contributed by atoms with E-state index in [-0.39, 0.29) is 30.4 Å². The molecule has 6 heterocycles. The fraction of sp³-hybridized carbons (Fsp3) is 0.321. The first kappa shape index (κ1) is 55.1. The second kappa shape index (κ2) is 27.6. The number of nitrogens with two attached hydrogens (primary N) is 1. The molecule has 73 heavy (non-hydrogen) atoms. The summed E-state index contributed by atoms with van der Waals surface area (Å²) in [5, 5.41) is 24.5. The van der Waals surface area contributed by atoms with Gasteiger partial charge in [0.2, 0.25) is 0 Å². The average molecular weight is 1010 g/mol. The Morgan fingerprint density at radius 3 is 1.48 bits per heavy atom. The van der Waals surface area contributed by atoms with Crippen molar-refractivity contribution in [2.45, 2.75) is 53.6 Å². The molecule has 0 amide bonds. The first-order valence-corrected chi connectivity index (χ1v) is 25.0. The number of hydrogen-bond acceptors (Lipinski definition) is 14. The third-order valence-electron chi connectivity index (χ3n) is 12.3.